The van der Waals surface area contributed by atoms with Crippen LogP contribution < -0.4 is 0 Å². The van der Waals surface area contributed by atoms with Gasteiger partial charge in [-0.3, -0.25) is 14.5 Å². The van der Waals surface area contributed by atoms with E-state index >= 15 is 0 Å². The predicted molar refractivity (Wildman–Crippen MR) is 143 cm³/mol. The van der Waals surface area contributed by atoms with Crippen molar-refractivity contribution in [2.24, 2.45) is 7.05 Å². The highest BCUT2D eigenvalue weighted by atomic mass is 19.4. The molecule has 2 aromatic heterocycles. The van der Waals surface area contributed by atoms with Crippen LogP contribution in [0.1, 0.15) is 22.4 Å². The van der Waals surface area contributed by atoms with Crippen LogP contribution in [0, 0.1) is 0 Å². The number of hydrogen-bond donors (Lipinski definition) is 0. The van der Waals surface area contributed by atoms with E-state index in [-0.39, 0.29) is 13.0 Å². The van der Waals surface area contributed by atoms with Crippen molar-refractivity contribution in [1.82, 2.24) is 19.7 Å². The zero-order chi connectivity index (χ0) is 28.7. The number of pyridine rings is 1. The number of esters is 1. The first-order valence-corrected chi connectivity index (χ1v) is 12.4. The maximum absolute atomic E-state index is 13.5. The van der Waals surface area contributed by atoms with Gasteiger partial charge in [-0.25, -0.2) is 4.79 Å². The summed E-state index contributed by atoms with van der Waals surface area (Å²) in [5.74, 6) is -1.13. The number of amides is 1. The molecule has 206 valence electrons. The average Bonchev–Trinajstić information content (AvgIpc) is 3.38. The number of hydrogen-bond acceptors (Lipinski definition) is 5. The molecule has 0 N–H and O–H groups in total. The molecule has 4 rings (SSSR count). The van der Waals surface area contributed by atoms with Crippen LogP contribution in [-0.2, 0) is 40.5 Å². The van der Waals surface area contributed by atoms with Gasteiger partial charge in [0.1, 0.15) is 6.04 Å². The lowest BCUT2D eigenvalue weighted by Gasteiger charge is -2.29. The lowest BCUT2D eigenvalue weighted by Crippen LogP contribution is -2.46. The third kappa shape index (κ3) is 7.22. The fourth-order valence-corrected chi connectivity index (χ4v) is 4.16. The molecule has 10 heteroatoms. The molecule has 0 radical (unpaired) electrons. The van der Waals surface area contributed by atoms with Crippen molar-refractivity contribution < 1.29 is 27.5 Å². The van der Waals surface area contributed by atoms with Crippen LogP contribution >= 0.6 is 0 Å². The van der Waals surface area contributed by atoms with Gasteiger partial charge in [0.25, 0.3) is 0 Å². The van der Waals surface area contributed by atoms with E-state index in [1.54, 1.807) is 36.4 Å². The van der Waals surface area contributed by atoms with E-state index in [0.29, 0.717) is 11.3 Å². The first-order valence-electron chi connectivity index (χ1n) is 12.4. The molecule has 0 aliphatic carbocycles. The van der Waals surface area contributed by atoms with Gasteiger partial charge in [0.15, 0.2) is 0 Å². The van der Waals surface area contributed by atoms with Gasteiger partial charge < -0.3 is 9.64 Å². The van der Waals surface area contributed by atoms with Crippen LogP contribution in [0.15, 0.2) is 91.4 Å². The molecule has 7 nitrogen and oxygen atoms in total. The highest BCUT2D eigenvalue weighted by Crippen LogP contribution is 2.29. The molecule has 1 unspecified atom stereocenters. The van der Waals surface area contributed by atoms with E-state index in [1.165, 1.54) is 36.3 Å². The summed E-state index contributed by atoms with van der Waals surface area (Å²) < 4.78 is 45.4. The van der Waals surface area contributed by atoms with Gasteiger partial charge in [-0.05, 0) is 58.7 Å². The van der Waals surface area contributed by atoms with Gasteiger partial charge in [0.05, 0.1) is 18.4 Å². The smallest absolute Gasteiger partial charge is 0.416 e. The Bertz CT molecular complexity index is 1460. The van der Waals surface area contributed by atoms with Gasteiger partial charge in [-0.1, -0.05) is 36.4 Å². The molecule has 40 heavy (non-hydrogen) atoms. The fraction of sp³-hybridized carbons (Fsp3) is 0.200. The number of methoxy groups -OCH3 is 1. The number of alkyl halides is 3. The Hall–Kier alpha value is -4.73. The monoisotopic (exact) mass is 548 g/mol. The quantitative estimate of drug-likeness (QED) is 0.209. The minimum Gasteiger partial charge on any atom is -0.467 e. The number of aryl methyl sites for hydroxylation is 1. The highest BCUT2D eigenvalue weighted by molar-refractivity contribution is 5.94. The Morgan fingerprint density at radius 3 is 2.20 bits per heavy atom. The molecule has 0 saturated carbocycles. The molecule has 4 aromatic rings. The summed E-state index contributed by atoms with van der Waals surface area (Å²) in [6.07, 6.45) is 3.44. The van der Waals surface area contributed by atoms with Gasteiger partial charge >= 0.3 is 12.1 Å². The van der Waals surface area contributed by atoms with Crippen LogP contribution in [0.5, 0.6) is 0 Å². The van der Waals surface area contributed by atoms with Crippen LogP contribution in [0.2, 0.25) is 0 Å². The topological polar surface area (TPSA) is 77.3 Å². The maximum atomic E-state index is 13.5. The molecular formula is C30H27F3N4O3. The summed E-state index contributed by atoms with van der Waals surface area (Å²) in [7, 11) is 2.99. The molecule has 2 heterocycles. The standard InChI is InChI=1S/C30H27F3N4O3/c1-36-18-15-26(35-36)19-27(29(39)40-2)37(20-22-3-8-23(9-4-22)24-13-16-34-17-14-24)28(38)12-7-21-5-10-25(11-6-21)30(31,32)33/h3-18,27H,19-20H2,1-2H3. The SMILES string of the molecule is COC(=O)C(Cc1ccn(C)n1)N(Cc1ccc(-c2ccncc2)cc1)C(=O)C=Cc1ccc(C(F)(F)F)cc1. The zero-order valence-electron chi connectivity index (χ0n) is 21.9. The number of carbonyl (C=O) groups is 2. The van der Waals surface area contributed by atoms with Gasteiger partial charge in [0.2, 0.25) is 5.91 Å². The number of halogens is 3. The van der Waals surface area contributed by atoms with E-state index < -0.39 is 29.7 Å². The molecule has 0 spiro atoms. The normalized spacial score (nSPS) is 12.3. The fourth-order valence-electron chi connectivity index (χ4n) is 4.16. The summed E-state index contributed by atoms with van der Waals surface area (Å²) in [4.78, 5) is 31.8. The van der Waals surface area contributed by atoms with Crippen LogP contribution in [0.3, 0.4) is 0 Å². The minimum atomic E-state index is -4.46. The summed E-state index contributed by atoms with van der Waals surface area (Å²) in [6, 6.07) is 16.5. The molecular weight excluding hydrogens is 521 g/mol. The molecule has 2 aromatic carbocycles. The number of rotatable bonds is 9. The second kappa shape index (κ2) is 12.4. The summed E-state index contributed by atoms with van der Waals surface area (Å²) in [6.45, 7) is 0.0827. The second-order valence-electron chi connectivity index (χ2n) is 9.08. The molecule has 0 bridgehead atoms. The molecule has 0 aliphatic heterocycles. The van der Waals surface area contributed by atoms with Gasteiger partial charge in [-0.15, -0.1) is 0 Å². The van der Waals surface area contributed by atoms with Gasteiger partial charge in [-0.2, -0.15) is 18.3 Å². The van der Waals surface area contributed by atoms with E-state index in [1.807, 2.05) is 36.4 Å². The van der Waals surface area contributed by atoms with E-state index in [9.17, 15) is 22.8 Å². The lowest BCUT2D eigenvalue weighted by atomic mass is 10.0. The summed E-state index contributed by atoms with van der Waals surface area (Å²) in [5, 5.41) is 4.34. The van der Waals surface area contributed by atoms with Crippen molar-refractivity contribution in [3.05, 3.63) is 114 Å². The van der Waals surface area contributed by atoms with Gasteiger partial charge in [0, 0.05) is 44.7 Å². The molecule has 1 atom stereocenters. The Labute approximate surface area is 229 Å². The van der Waals surface area contributed by atoms with Crippen molar-refractivity contribution in [1.29, 1.82) is 0 Å². The first kappa shape index (κ1) is 28.3. The van der Waals surface area contributed by atoms with E-state index in [4.69, 9.17) is 4.74 Å². The van der Waals surface area contributed by atoms with Crippen molar-refractivity contribution in [2.75, 3.05) is 7.11 Å². The summed E-state index contributed by atoms with van der Waals surface area (Å²) in [5.41, 5.74) is 2.93. The van der Waals surface area contributed by atoms with E-state index in [0.717, 1.165) is 28.8 Å². The van der Waals surface area contributed by atoms with Crippen LogP contribution in [0.25, 0.3) is 17.2 Å². The zero-order valence-corrected chi connectivity index (χ0v) is 21.9. The molecule has 1 amide bonds. The van der Waals surface area contributed by atoms with Crippen molar-refractivity contribution in [2.45, 2.75) is 25.2 Å². The molecule has 0 saturated heterocycles. The molecule has 0 aliphatic rings. The second-order valence-corrected chi connectivity index (χ2v) is 9.08. The molecule has 0 fully saturated rings. The number of benzene rings is 2. The Balaban J connectivity index is 1.62. The first-order chi connectivity index (χ1) is 19.1. The maximum Gasteiger partial charge on any atom is 0.416 e. The third-order valence-corrected chi connectivity index (χ3v) is 6.28. The van der Waals surface area contributed by atoms with Crippen LogP contribution in [0.4, 0.5) is 13.2 Å². The number of nitrogens with zero attached hydrogens (tertiary/aromatic N) is 4. The largest absolute Gasteiger partial charge is 0.467 e. The van der Waals surface area contributed by atoms with Crippen LogP contribution in [-0.4, -0.2) is 44.7 Å². The van der Waals surface area contributed by atoms with Crippen molar-refractivity contribution in [3.63, 3.8) is 0 Å². The van der Waals surface area contributed by atoms with Crippen molar-refractivity contribution in [3.8, 4) is 11.1 Å². The van der Waals surface area contributed by atoms with E-state index in [2.05, 4.69) is 10.1 Å². The Morgan fingerprint density at radius 2 is 1.62 bits per heavy atom. The number of carbonyl (C=O) groups excluding carboxylic acids is 2. The Kier molecular flexibility index (Phi) is 8.78. The summed E-state index contributed by atoms with van der Waals surface area (Å²) >= 11 is 0. The minimum absolute atomic E-state index is 0.0827. The average molecular weight is 549 g/mol. The lowest BCUT2D eigenvalue weighted by molar-refractivity contribution is -0.151. The third-order valence-electron chi connectivity index (χ3n) is 6.28. The Morgan fingerprint density at radius 1 is 0.975 bits per heavy atom. The van der Waals surface area contributed by atoms with Crippen molar-refractivity contribution >= 4 is 18.0 Å². The highest BCUT2D eigenvalue weighted by Gasteiger charge is 2.31. The number of ether oxygens (including phenoxy) is 1. The number of aromatic nitrogens is 3. The predicted octanol–water partition coefficient (Wildman–Crippen LogP) is 5.33.